The third-order valence-corrected chi connectivity index (χ3v) is 5.91. The highest BCUT2D eigenvalue weighted by atomic mass is 19.1. The van der Waals surface area contributed by atoms with Crippen molar-refractivity contribution in [1.82, 2.24) is 4.90 Å². The highest BCUT2D eigenvalue weighted by Crippen LogP contribution is 2.49. The van der Waals surface area contributed by atoms with Crippen LogP contribution >= 0.6 is 0 Å². The first-order chi connectivity index (χ1) is 11.9. The van der Waals surface area contributed by atoms with Gasteiger partial charge in [0.05, 0.1) is 0 Å². The van der Waals surface area contributed by atoms with Gasteiger partial charge in [-0.25, -0.2) is 4.39 Å². The second kappa shape index (κ2) is 7.44. The van der Waals surface area contributed by atoms with Crippen LogP contribution in [0, 0.1) is 23.6 Å². The maximum absolute atomic E-state index is 13.0. The van der Waals surface area contributed by atoms with Crippen LogP contribution < -0.4 is 5.73 Å². The molecule has 2 aliphatic rings. The first-order valence-electron chi connectivity index (χ1n) is 8.89. The molecule has 135 valence electrons. The molecule has 1 aromatic carbocycles. The summed E-state index contributed by atoms with van der Waals surface area (Å²) < 4.78 is 13.0. The predicted octanol–water partition coefficient (Wildman–Crippen LogP) is 1.49. The lowest BCUT2D eigenvalue weighted by Gasteiger charge is -2.31. The van der Waals surface area contributed by atoms with Crippen molar-refractivity contribution in [3.8, 4) is 0 Å². The Kier molecular flexibility index (Phi) is 5.46. The molecule has 4 N–H and O–H groups in total. The summed E-state index contributed by atoms with van der Waals surface area (Å²) in [5.41, 5.74) is 6.20. The van der Waals surface area contributed by atoms with E-state index in [1.807, 2.05) is 0 Å². The van der Waals surface area contributed by atoms with Gasteiger partial charge in [-0.3, -0.25) is 9.69 Å². The number of likely N-dealkylation sites (tertiary alicyclic amines) is 1. The lowest BCUT2D eigenvalue weighted by molar-refractivity contribution is -0.145. The zero-order valence-corrected chi connectivity index (χ0v) is 14.3. The van der Waals surface area contributed by atoms with Gasteiger partial charge in [0, 0.05) is 19.6 Å². The molecule has 0 aromatic heterocycles. The van der Waals surface area contributed by atoms with Crippen LogP contribution in [0.3, 0.4) is 0 Å². The fraction of sp³-hybridized carbons (Fsp3) is 0.611. The largest absolute Gasteiger partial charge is 0.480 e. The number of rotatable bonds is 7. The molecule has 1 saturated carbocycles. The SMILES string of the molecule is NC1(C(=O)O)CC2CN(Cc3ccc(F)cc3)CC2C1CCC[B]O. The highest BCUT2D eigenvalue weighted by Gasteiger charge is 2.57. The normalized spacial score (nSPS) is 31.9. The quantitative estimate of drug-likeness (QED) is 0.514. The Labute approximate surface area is 148 Å². The molecule has 4 atom stereocenters. The van der Waals surface area contributed by atoms with Crippen LogP contribution in [0.2, 0.25) is 6.32 Å². The first-order valence-corrected chi connectivity index (χ1v) is 8.89. The molecule has 1 aliphatic heterocycles. The summed E-state index contributed by atoms with van der Waals surface area (Å²) >= 11 is 0. The molecule has 1 heterocycles. The fourth-order valence-electron chi connectivity index (χ4n) is 4.75. The minimum Gasteiger partial charge on any atom is -0.480 e. The van der Waals surface area contributed by atoms with E-state index in [1.54, 1.807) is 12.1 Å². The molecule has 7 heteroatoms. The van der Waals surface area contributed by atoms with Gasteiger partial charge in [-0.1, -0.05) is 24.9 Å². The summed E-state index contributed by atoms with van der Waals surface area (Å²) in [6.07, 6.45) is 2.52. The van der Waals surface area contributed by atoms with Crippen molar-refractivity contribution in [2.24, 2.45) is 23.5 Å². The van der Waals surface area contributed by atoms with E-state index in [0.717, 1.165) is 39.1 Å². The fourth-order valence-corrected chi connectivity index (χ4v) is 4.75. The zero-order chi connectivity index (χ0) is 18.0. The van der Waals surface area contributed by atoms with Gasteiger partial charge in [0.1, 0.15) is 11.4 Å². The summed E-state index contributed by atoms with van der Waals surface area (Å²) in [7, 11) is 1.13. The van der Waals surface area contributed by atoms with Crippen LogP contribution in [0.1, 0.15) is 24.8 Å². The Morgan fingerprint density at radius 1 is 1.36 bits per heavy atom. The van der Waals surface area contributed by atoms with E-state index in [1.165, 1.54) is 12.1 Å². The van der Waals surface area contributed by atoms with Crippen molar-refractivity contribution in [2.75, 3.05) is 13.1 Å². The number of aliphatic carboxylic acids is 1. The van der Waals surface area contributed by atoms with Gasteiger partial charge >= 0.3 is 5.97 Å². The van der Waals surface area contributed by atoms with Crippen molar-refractivity contribution in [3.05, 3.63) is 35.6 Å². The van der Waals surface area contributed by atoms with Crippen LogP contribution in [0.15, 0.2) is 24.3 Å². The van der Waals surface area contributed by atoms with Crippen molar-refractivity contribution in [1.29, 1.82) is 0 Å². The van der Waals surface area contributed by atoms with E-state index in [0.29, 0.717) is 19.2 Å². The lowest BCUT2D eigenvalue weighted by Crippen LogP contribution is -2.53. The van der Waals surface area contributed by atoms with Gasteiger partial charge in [0.25, 0.3) is 7.48 Å². The molecule has 4 unspecified atom stereocenters. The van der Waals surface area contributed by atoms with E-state index >= 15 is 0 Å². The van der Waals surface area contributed by atoms with Crippen LogP contribution in [-0.4, -0.2) is 47.1 Å². The van der Waals surface area contributed by atoms with E-state index in [2.05, 4.69) is 4.90 Å². The Bertz CT molecular complexity index is 615. The minimum absolute atomic E-state index is 0.0758. The molecule has 25 heavy (non-hydrogen) atoms. The third kappa shape index (κ3) is 3.73. The molecule has 1 radical (unpaired) electrons. The Morgan fingerprint density at radius 3 is 2.72 bits per heavy atom. The van der Waals surface area contributed by atoms with E-state index in [4.69, 9.17) is 10.8 Å². The summed E-state index contributed by atoms with van der Waals surface area (Å²) in [6, 6.07) is 6.52. The minimum atomic E-state index is -1.16. The smallest absolute Gasteiger partial charge is 0.323 e. The number of hydrogen-bond donors (Lipinski definition) is 3. The van der Waals surface area contributed by atoms with Crippen molar-refractivity contribution < 1.29 is 19.3 Å². The number of nitrogens with zero attached hydrogens (tertiary/aromatic N) is 1. The van der Waals surface area contributed by atoms with E-state index in [9.17, 15) is 14.3 Å². The average molecular weight is 347 g/mol. The molecule has 5 nitrogen and oxygen atoms in total. The maximum Gasteiger partial charge on any atom is 0.323 e. The Hall–Kier alpha value is -1.44. The molecule has 1 aliphatic carbocycles. The van der Waals surface area contributed by atoms with Crippen molar-refractivity contribution >= 4 is 13.5 Å². The van der Waals surface area contributed by atoms with Crippen LogP contribution in [-0.2, 0) is 11.3 Å². The zero-order valence-electron chi connectivity index (χ0n) is 14.3. The molecule has 0 bridgehead atoms. The lowest BCUT2D eigenvalue weighted by atomic mass is 9.78. The number of carboxylic acids is 1. The number of hydrogen-bond acceptors (Lipinski definition) is 4. The molecular formula is C18H25BFN2O3. The molecular weight excluding hydrogens is 322 g/mol. The second-order valence-corrected chi connectivity index (χ2v) is 7.51. The third-order valence-electron chi connectivity index (χ3n) is 5.91. The van der Waals surface area contributed by atoms with Gasteiger partial charge in [0.15, 0.2) is 0 Å². The topological polar surface area (TPSA) is 86.8 Å². The summed E-state index contributed by atoms with van der Waals surface area (Å²) in [4.78, 5) is 14.1. The van der Waals surface area contributed by atoms with Gasteiger partial charge in [-0.15, -0.1) is 0 Å². The van der Waals surface area contributed by atoms with Gasteiger partial charge in [-0.05, 0) is 48.3 Å². The molecule has 1 saturated heterocycles. The monoisotopic (exact) mass is 347 g/mol. The summed E-state index contributed by atoms with van der Waals surface area (Å²) in [6.45, 7) is 2.40. The van der Waals surface area contributed by atoms with Gasteiger partial charge in [-0.2, -0.15) is 0 Å². The number of nitrogens with two attached hydrogens (primary N) is 1. The van der Waals surface area contributed by atoms with Crippen molar-refractivity contribution in [3.63, 3.8) is 0 Å². The summed E-state index contributed by atoms with van der Waals surface area (Å²) in [5.74, 6) is -0.680. The first kappa shape index (κ1) is 18.4. The van der Waals surface area contributed by atoms with Gasteiger partial charge in [0.2, 0.25) is 0 Å². The second-order valence-electron chi connectivity index (χ2n) is 7.51. The van der Waals surface area contributed by atoms with Gasteiger partial charge < -0.3 is 15.9 Å². The van der Waals surface area contributed by atoms with E-state index < -0.39 is 11.5 Å². The number of benzene rings is 1. The average Bonchev–Trinajstić information content (AvgIpc) is 3.06. The van der Waals surface area contributed by atoms with E-state index in [-0.39, 0.29) is 23.6 Å². The molecule has 3 rings (SSSR count). The van der Waals surface area contributed by atoms with Crippen molar-refractivity contribution in [2.45, 2.75) is 37.7 Å². The number of halogens is 1. The van der Waals surface area contributed by atoms with Crippen LogP contribution in [0.4, 0.5) is 4.39 Å². The number of fused-ring (bicyclic) bond motifs is 1. The van der Waals surface area contributed by atoms with Crippen LogP contribution in [0.5, 0.6) is 0 Å². The molecule has 2 fully saturated rings. The number of carboxylic acid groups (broad SMARTS) is 1. The number of carbonyl (C=O) groups is 1. The molecule has 1 aromatic rings. The molecule has 0 spiro atoms. The maximum atomic E-state index is 13.0. The Morgan fingerprint density at radius 2 is 2.08 bits per heavy atom. The Balaban J connectivity index is 1.67. The highest BCUT2D eigenvalue weighted by molar-refractivity contribution is 6.25. The standard InChI is InChI=1S/C18H25BFN2O3/c20-14-5-3-12(4-6-14)9-22-10-13-8-18(21,17(23)24)16(15(13)11-22)2-1-7-19-25/h3-6,13,15-16,25H,1-2,7-11,21H2,(H,23,24). The predicted molar refractivity (Wildman–Crippen MR) is 93.3 cm³/mol. The van der Waals surface area contributed by atoms with Crippen LogP contribution in [0.25, 0.3) is 0 Å². The summed E-state index contributed by atoms with van der Waals surface area (Å²) in [5, 5.41) is 18.5. The molecule has 0 amide bonds.